The number of aromatic nitrogens is 1. The average Bonchev–Trinajstić information content (AvgIpc) is 2.35. The van der Waals surface area contributed by atoms with E-state index in [2.05, 4.69) is 15.2 Å². The van der Waals surface area contributed by atoms with Crippen LogP contribution in [0.1, 0.15) is 6.42 Å². The molecule has 0 unspecified atom stereocenters. The Bertz CT molecular complexity index is 362. The SMILES string of the molecule is Nc1cc(Cl)nc(NCCCN2CCOCC2)c1. The molecule has 0 atom stereocenters. The van der Waals surface area contributed by atoms with Gasteiger partial charge in [0.05, 0.1) is 13.2 Å². The molecule has 1 fully saturated rings. The number of pyridine rings is 1. The fraction of sp³-hybridized carbons (Fsp3) is 0.583. The molecule has 6 heteroatoms. The van der Waals surface area contributed by atoms with Crippen LogP contribution in [0.2, 0.25) is 5.15 Å². The summed E-state index contributed by atoms with van der Waals surface area (Å²) in [6.45, 7) is 5.70. The number of hydrogen-bond donors (Lipinski definition) is 2. The van der Waals surface area contributed by atoms with Crippen molar-refractivity contribution in [3.63, 3.8) is 0 Å². The number of nitrogens with one attached hydrogen (secondary N) is 1. The highest BCUT2D eigenvalue weighted by molar-refractivity contribution is 6.29. The molecule has 0 aromatic carbocycles. The Morgan fingerprint density at radius 1 is 1.39 bits per heavy atom. The van der Waals surface area contributed by atoms with E-state index in [-0.39, 0.29) is 0 Å². The Morgan fingerprint density at radius 2 is 2.17 bits per heavy atom. The van der Waals surface area contributed by atoms with Crippen LogP contribution in [0.15, 0.2) is 12.1 Å². The van der Waals surface area contributed by atoms with E-state index < -0.39 is 0 Å². The summed E-state index contributed by atoms with van der Waals surface area (Å²) < 4.78 is 5.31. The van der Waals surface area contributed by atoms with E-state index in [1.165, 1.54) is 0 Å². The summed E-state index contributed by atoms with van der Waals surface area (Å²) in [6, 6.07) is 3.43. The summed E-state index contributed by atoms with van der Waals surface area (Å²) in [5.74, 6) is 0.738. The molecule has 0 aliphatic carbocycles. The van der Waals surface area contributed by atoms with Crippen molar-refractivity contribution in [1.29, 1.82) is 0 Å². The number of ether oxygens (including phenoxy) is 1. The molecule has 100 valence electrons. The Kier molecular flexibility index (Phi) is 5.04. The van der Waals surface area contributed by atoms with Gasteiger partial charge in [-0.3, -0.25) is 4.90 Å². The van der Waals surface area contributed by atoms with Crippen molar-refractivity contribution < 1.29 is 4.74 Å². The zero-order chi connectivity index (χ0) is 12.8. The predicted octanol–water partition coefficient (Wildman–Crippen LogP) is 1.45. The van der Waals surface area contributed by atoms with Crippen molar-refractivity contribution in [3.05, 3.63) is 17.3 Å². The number of nitrogen functional groups attached to an aromatic ring is 1. The van der Waals surface area contributed by atoms with Gasteiger partial charge >= 0.3 is 0 Å². The molecule has 0 amide bonds. The van der Waals surface area contributed by atoms with Crippen molar-refractivity contribution in [2.45, 2.75) is 6.42 Å². The largest absolute Gasteiger partial charge is 0.399 e. The van der Waals surface area contributed by atoms with Crippen LogP contribution in [0, 0.1) is 0 Å². The molecule has 0 radical (unpaired) electrons. The van der Waals surface area contributed by atoms with Gasteiger partial charge in [0.15, 0.2) is 0 Å². The number of anilines is 2. The first-order chi connectivity index (χ1) is 8.74. The monoisotopic (exact) mass is 270 g/mol. The number of nitrogens with two attached hydrogens (primary N) is 1. The Balaban J connectivity index is 1.68. The molecular weight excluding hydrogens is 252 g/mol. The molecule has 18 heavy (non-hydrogen) atoms. The molecular formula is C12H19ClN4O. The van der Waals surface area contributed by atoms with Crippen molar-refractivity contribution in [2.24, 2.45) is 0 Å². The maximum Gasteiger partial charge on any atom is 0.133 e. The molecule has 3 N–H and O–H groups in total. The minimum Gasteiger partial charge on any atom is -0.399 e. The molecule has 1 aliphatic rings. The molecule has 0 saturated carbocycles. The van der Waals surface area contributed by atoms with Gasteiger partial charge in [-0.25, -0.2) is 4.98 Å². The second kappa shape index (κ2) is 6.78. The topological polar surface area (TPSA) is 63.4 Å². The predicted molar refractivity (Wildman–Crippen MR) is 74.0 cm³/mol. The summed E-state index contributed by atoms with van der Waals surface area (Å²) in [7, 11) is 0. The van der Waals surface area contributed by atoms with Crippen LogP contribution in [0.5, 0.6) is 0 Å². The van der Waals surface area contributed by atoms with E-state index in [1.807, 2.05) is 0 Å². The lowest BCUT2D eigenvalue weighted by Crippen LogP contribution is -2.37. The molecule has 1 saturated heterocycles. The maximum absolute atomic E-state index is 5.83. The first-order valence-corrected chi connectivity index (χ1v) is 6.59. The molecule has 2 heterocycles. The Labute approximate surface area is 112 Å². The van der Waals surface area contributed by atoms with Gasteiger partial charge in [-0.2, -0.15) is 0 Å². The zero-order valence-corrected chi connectivity index (χ0v) is 11.1. The van der Waals surface area contributed by atoms with Crippen LogP contribution in [-0.2, 0) is 4.74 Å². The standard InChI is InChI=1S/C12H19ClN4O/c13-11-8-10(14)9-12(16-11)15-2-1-3-17-4-6-18-7-5-17/h8-9H,1-7H2,(H3,14,15,16). The first-order valence-electron chi connectivity index (χ1n) is 6.21. The lowest BCUT2D eigenvalue weighted by Gasteiger charge is -2.26. The second-order valence-electron chi connectivity index (χ2n) is 4.34. The lowest BCUT2D eigenvalue weighted by molar-refractivity contribution is 0.0378. The summed E-state index contributed by atoms with van der Waals surface area (Å²) in [6.07, 6.45) is 1.06. The molecule has 1 aromatic rings. The number of rotatable bonds is 5. The summed E-state index contributed by atoms with van der Waals surface area (Å²) >= 11 is 5.83. The highest BCUT2D eigenvalue weighted by atomic mass is 35.5. The smallest absolute Gasteiger partial charge is 0.133 e. The van der Waals surface area contributed by atoms with Crippen LogP contribution < -0.4 is 11.1 Å². The normalized spacial score (nSPS) is 16.7. The van der Waals surface area contributed by atoms with E-state index >= 15 is 0 Å². The van der Waals surface area contributed by atoms with Gasteiger partial charge in [0, 0.05) is 31.4 Å². The fourth-order valence-electron chi connectivity index (χ4n) is 1.95. The van der Waals surface area contributed by atoms with Crippen molar-refractivity contribution >= 4 is 23.1 Å². The Morgan fingerprint density at radius 3 is 2.89 bits per heavy atom. The van der Waals surface area contributed by atoms with E-state index in [9.17, 15) is 0 Å². The van der Waals surface area contributed by atoms with Crippen LogP contribution in [0.3, 0.4) is 0 Å². The molecule has 0 spiro atoms. The summed E-state index contributed by atoms with van der Waals surface area (Å²) in [5, 5.41) is 3.65. The number of halogens is 1. The minimum atomic E-state index is 0.422. The first kappa shape index (κ1) is 13.4. The maximum atomic E-state index is 5.83. The number of nitrogens with zero attached hydrogens (tertiary/aromatic N) is 2. The van der Waals surface area contributed by atoms with Gasteiger partial charge in [0.1, 0.15) is 11.0 Å². The van der Waals surface area contributed by atoms with Gasteiger partial charge in [-0.15, -0.1) is 0 Å². The van der Waals surface area contributed by atoms with E-state index in [0.717, 1.165) is 51.6 Å². The third kappa shape index (κ3) is 4.33. The average molecular weight is 271 g/mol. The third-order valence-corrected chi connectivity index (χ3v) is 3.07. The van der Waals surface area contributed by atoms with Gasteiger partial charge in [0.25, 0.3) is 0 Å². The summed E-state index contributed by atoms with van der Waals surface area (Å²) in [5.41, 5.74) is 6.32. The van der Waals surface area contributed by atoms with E-state index in [1.54, 1.807) is 12.1 Å². The van der Waals surface area contributed by atoms with Gasteiger partial charge in [-0.05, 0) is 19.0 Å². The van der Waals surface area contributed by atoms with E-state index in [4.69, 9.17) is 22.1 Å². The van der Waals surface area contributed by atoms with Gasteiger partial charge in [0.2, 0.25) is 0 Å². The molecule has 1 aliphatic heterocycles. The van der Waals surface area contributed by atoms with Crippen LogP contribution in [0.25, 0.3) is 0 Å². The highest BCUT2D eigenvalue weighted by Crippen LogP contribution is 2.15. The van der Waals surface area contributed by atoms with Gasteiger partial charge < -0.3 is 15.8 Å². The Hall–Kier alpha value is -1.04. The van der Waals surface area contributed by atoms with E-state index in [0.29, 0.717) is 10.8 Å². The molecule has 5 nitrogen and oxygen atoms in total. The lowest BCUT2D eigenvalue weighted by atomic mass is 10.3. The molecule has 2 rings (SSSR count). The van der Waals surface area contributed by atoms with Crippen LogP contribution >= 0.6 is 11.6 Å². The zero-order valence-electron chi connectivity index (χ0n) is 10.4. The number of morpholine rings is 1. The van der Waals surface area contributed by atoms with Crippen molar-refractivity contribution in [3.8, 4) is 0 Å². The fourth-order valence-corrected chi connectivity index (χ4v) is 2.17. The quantitative estimate of drug-likeness (QED) is 0.626. The molecule has 0 bridgehead atoms. The molecule has 1 aromatic heterocycles. The minimum absolute atomic E-state index is 0.422. The summed E-state index contributed by atoms with van der Waals surface area (Å²) in [4.78, 5) is 6.57. The number of hydrogen-bond acceptors (Lipinski definition) is 5. The van der Waals surface area contributed by atoms with Crippen molar-refractivity contribution in [1.82, 2.24) is 9.88 Å². The second-order valence-corrected chi connectivity index (χ2v) is 4.73. The highest BCUT2D eigenvalue weighted by Gasteiger charge is 2.09. The van der Waals surface area contributed by atoms with Crippen LogP contribution in [-0.4, -0.2) is 49.3 Å². The van der Waals surface area contributed by atoms with Crippen LogP contribution in [0.4, 0.5) is 11.5 Å². The third-order valence-electron chi connectivity index (χ3n) is 2.88. The van der Waals surface area contributed by atoms with Gasteiger partial charge in [-0.1, -0.05) is 11.6 Å². The van der Waals surface area contributed by atoms with Crippen molar-refractivity contribution in [2.75, 3.05) is 50.4 Å².